The minimum atomic E-state index is -1.28. The molecule has 2 aromatic rings. The van der Waals surface area contributed by atoms with Gasteiger partial charge in [0.1, 0.15) is 22.8 Å². The van der Waals surface area contributed by atoms with E-state index in [4.69, 9.17) is 5.73 Å². The maximum atomic E-state index is 14.7. The van der Waals surface area contributed by atoms with Crippen LogP contribution in [0.1, 0.15) is 18.7 Å². The third kappa shape index (κ3) is 2.78. The number of nitrogens with zero attached hydrogens (tertiary/aromatic N) is 3. The summed E-state index contributed by atoms with van der Waals surface area (Å²) in [7, 11) is 1.98. The van der Waals surface area contributed by atoms with Gasteiger partial charge in [-0.05, 0) is 39.9 Å². The van der Waals surface area contributed by atoms with Crippen LogP contribution in [0.25, 0.3) is 10.9 Å². The molecule has 1 aromatic heterocycles. The maximum absolute atomic E-state index is 14.7. The van der Waals surface area contributed by atoms with Gasteiger partial charge in [0.15, 0.2) is 17.5 Å². The zero-order valence-corrected chi connectivity index (χ0v) is 13.0. The number of nitrogen functional groups attached to an aromatic ring is 1. The number of nitrogens with two attached hydrogens (primary N) is 1. The van der Waals surface area contributed by atoms with Crippen molar-refractivity contribution < 1.29 is 13.2 Å². The number of nitrogens with one attached hydrogen (secondary N) is 1. The van der Waals surface area contributed by atoms with Gasteiger partial charge in [-0.25, -0.2) is 23.1 Å². The second kappa shape index (κ2) is 5.84. The number of likely N-dealkylation sites (tertiary alicyclic amines) is 1. The minimum absolute atomic E-state index is 0.118. The van der Waals surface area contributed by atoms with Crippen molar-refractivity contribution in [3.05, 3.63) is 23.3 Å². The fourth-order valence-corrected chi connectivity index (χ4v) is 2.89. The minimum Gasteiger partial charge on any atom is -0.383 e. The van der Waals surface area contributed by atoms with Crippen LogP contribution in [-0.4, -0.2) is 41.0 Å². The Morgan fingerprint density at radius 2 is 1.74 bits per heavy atom. The van der Waals surface area contributed by atoms with Crippen molar-refractivity contribution >= 4 is 22.4 Å². The number of aromatic nitrogens is 2. The fraction of sp³-hybridized carbons (Fsp3) is 0.467. The van der Waals surface area contributed by atoms with Crippen molar-refractivity contribution in [1.29, 1.82) is 0 Å². The maximum Gasteiger partial charge on any atom is 0.185 e. The van der Waals surface area contributed by atoms with Crippen LogP contribution in [0.15, 0.2) is 0 Å². The highest BCUT2D eigenvalue weighted by Crippen LogP contribution is 2.33. The second-order valence-electron chi connectivity index (χ2n) is 5.92. The van der Waals surface area contributed by atoms with Crippen molar-refractivity contribution in [2.24, 2.45) is 0 Å². The van der Waals surface area contributed by atoms with E-state index in [-0.39, 0.29) is 23.2 Å². The number of halogens is 3. The highest BCUT2D eigenvalue weighted by molar-refractivity contribution is 5.91. The van der Waals surface area contributed by atoms with Gasteiger partial charge in [-0.2, -0.15) is 0 Å². The normalized spacial score (nSPS) is 16.9. The largest absolute Gasteiger partial charge is 0.383 e. The summed E-state index contributed by atoms with van der Waals surface area (Å²) in [4.78, 5) is 9.78. The number of rotatable bonds is 2. The van der Waals surface area contributed by atoms with Crippen molar-refractivity contribution in [1.82, 2.24) is 14.9 Å². The summed E-state index contributed by atoms with van der Waals surface area (Å²) in [5.74, 6) is -3.52. The van der Waals surface area contributed by atoms with Crippen LogP contribution in [0.5, 0.6) is 0 Å². The van der Waals surface area contributed by atoms with E-state index in [0.717, 1.165) is 25.9 Å². The molecule has 0 radical (unpaired) electrons. The van der Waals surface area contributed by atoms with Gasteiger partial charge in [0.25, 0.3) is 0 Å². The Morgan fingerprint density at radius 3 is 2.39 bits per heavy atom. The Hall–Kier alpha value is -2.09. The highest BCUT2D eigenvalue weighted by atomic mass is 19.2. The summed E-state index contributed by atoms with van der Waals surface area (Å²) < 4.78 is 43.3. The first-order valence-electron chi connectivity index (χ1n) is 7.43. The number of aryl methyl sites for hydroxylation is 1. The molecule has 3 N–H and O–H groups in total. The summed E-state index contributed by atoms with van der Waals surface area (Å²) in [6.45, 7) is 3.14. The summed E-state index contributed by atoms with van der Waals surface area (Å²) in [6.07, 6.45) is 1.44. The highest BCUT2D eigenvalue weighted by Gasteiger charge is 2.26. The molecule has 0 aliphatic carbocycles. The van der Waals surface area contributed by atoms with E-state index in [9.17, 15) is 13.2 Å². The molecule has 2 heterocycles. The predicted octanol–water partition coefficient (Wildman–Crippen LogP) is 2.44. The first-order valence-corrected chi connectivity index (χ1v) is 7.43. The Morgan fingerprint density at radius 1 is 1.09 bits per heavy atom. The van der Waals surface area contributed by atoms with E-state index < -0.39 is 28.5 Å². The zero-order valence-electron chi connectivity index (χ0n) is 13.0. The van der Waals surface area contributed by atoms with Crippen LogP contribution in [0.2, 0.25) is 0 Å². The van der Waals surface area contributed by atoms with Crippen LogP contribution in [0, 0.1) is 24.4 Å². The number of benzene rings is 1. The molecule has 1 aromatic carbocycles. The molecular formula is C15H18F3N5. The van der Waals surface area contributed by atoms with Gasteiger partial charge in [0, 0.05) is 6.04 Å². The van der Waals surface area contributed by atoms with E-state index in [1.54, 1.807) is 0 Å². The first kappa shape index (κ1) is 15.8. The monoisotopic (exact) mass is 325 g/mol. The second-order valence-corrected chi connectivity index (χ2v) is 5.92. The van der Waals surface area contributed by atoms with Crippen molar-refractivity contribution in [3.8, 4) is 0 Å². The van der Waals surface area contributed by atoms with Crippen molar-refractivity contribution in [2.45, 2.75) is 25.8 Å². The number of anilines is 2. The number of piperidine rings is 1. The molecule has 3 rings (SSSR count). The molecular weight excluding hydrogens is 307 g/mol. The van der Waals surface area contributed by atoms with Crippen LogP contribution in [0.4, 0.5) is 24.7 Å². The number of hydrogen-bond donors (Lipinski definition) is 2. The molecule has 1 aliphatic heterocycles. The lowest BCUT2D eigenvalue weighted by atomic mass is 10.0. The van der Waals surface area contributed by atoms with Gasteiger partial charge >= 0.3 is 0 Å². The third-order valence-electron chi connectivity index (χ3n) is 4.17. The summed E-state index contributed by atoms with van der Waals surface area (Å²) >= 11 is 0. The molecule has 0 amide bonds. The van der Waals surface area contributed by atoms with Gasteiger partial charge < -0.3 is 16.0 Å². The lowest BCUT2D eigenvalue weighted by Gasteiger charge is -2.30. The Kier molecular flexibility index (Phi) is 4.01. The third-order valence-corrected chi connectivity index (χ3v) is 4.17. The van der Waals surface area contributed by atoms with E-state index >= 15 is 0 Å². The lowest BCUT2D eigenvalue weighted by molar-refractivity contribution is 0.263. The SMILES string of the molecule is Cc1nc(N)c2c(F)c(F)c(NC3CCN(C)CC3)c(F)c2n1. The van der Waals surface area contributed by atoms with Crippen LogP contribution in [-0.2, 0) is 0 Å². The van der Waals surface area contributed by atoms with E-state index in [1.807, 2.05) is 7.05 Å². The average Bonchev–Trinajstić information content (AvgIpc) is 2.50. The number of hydrogen-bond acceptors (Lipinski definition) is 5. The summed E-state index contributed by atoms with van der Waals surface area (Å²) in [5, 5.41) is 2.37. The van der Waals surface area contributed by atoms with Gasteiger partial charge in [0.2, 0.25) is 0 Å². The van der Waals surface area contributed by atoms with E-state index in [1.165, 1.54) is 6.92 Å². The summed E-state index contributed by atoms with van der Waals surface area (Å²) in [5.41, 5.74) is 4.81. The van der Waals surface area contributed by atoms with Crippen LogP contribution >= 0.6 is 0 Å². The van der Waals surface area contributed by atoms with Gasteiger partial charge in [-0.3, -0.25) is 0 Å². The predicted molar refractivity (Wildman–Crippen MR) is 82.7 cm³/mol. The molecule has 0 atom stereocenters. The molecule has 8 heteroatoms. The molecule has 0 unspecified atom stereocenters. The number of fused-ring (bicyclic) bond motifs is 1. The molecule has 1 fully saturated rings. The zero-order chi connectivity index (χ0) is 16.7. The topological polar surface area (TPSA) is 67.1 Å². The van der Waals surface area contributed by atoms with Gasteiger partial charge in [0.05, 0.1) is 5.39 Å². The van der Waals surface area contributed by atoms with E-state index in [0.29, 0.717) is 0 Å². The Bertz CT molecular complexity index is 757. The molecule has 1 aliphatic rings. The van der Waals surface area contributed by atoms with E-state index in [2.05, 4.69) is 20.2 Å². The molecule has 23 heavy (non-hydrogen) atoms. The molecule has 5 nitrogen and oxygen atoms in total. The Labute approximate surface area is 131 Å². The van der Waals surface area contributed by atoms with Crippen molar-refractivity contribution in [2.75, 3.05) is 31.2 Å². The fourth-order valence-electron chi connectivity index (χ4n) is 2.89. The molecule has 124 valence electrons. The van der Waals surface area contributed by atoms with Gasteiger partial charge in [-0.15, -0.1) is 0 Å². The molecule has 1 saturated heterocycles. The standard InChI is InChI=1S/C15H18F3N5/c1-7-20-13-9(15(19)21-7)10(16)11(17)14(12(13)18)22-8-3-5-23(2)6-4-8/h8,22H,3-6H2,1-2H3,(H2,19,20,21). The van der Waals surface area contributed by atoms with Crippen LogP contribution in [0.3, 0.4) is 0 Å². The lowest BCUT2D eigenvalue weighted by Crippen LogP contribution is -2.37. The smallest absolute Gasteiger partial charge is 0.185 e. The average molecular weight is 325 g/mol. The first-order chi connectivity index (χ1) is 10.9. The molecule has 0 bridgehead atoms. The molecule has 0 spiro atoms. The summed E-state index contributed by atoms with van der Waals surface area (Å²) in [6, 6.07) is -0.118. The molecule has 0 saturated carbocycles. The Balaban J connectivity index is 2.07. The van der Waals surface area contributed by atoms with Crippen LogP contribution < -0.4 is 11.1 Å². The van der Waals surface area contributed by atoms with Crippen molar-refractivity contribution in [3.63, 3.8) is 0 Å². The quantitative estimate of drug-likeness (QED) is 0.830. The van der Waals surface area contributed by atoms with Gasteiger partial charge in [-0.1, -0.05) is 0 Å².